The first-order valence-electron chi connectivity index (χ1n) is 7.03. The SMILES string of the molecule is CC1(C)CCCC(NC(=O)c2ccc(F)c([N+](=O)[O-])c2)C1. The summed E-state index contributed by atoms with van der Waals surface area (Å²) in [6.45, 7) is 4.32. The Balaban J connectivity index is 2.10. The van der Waals surface area contributed by atoms with Gasteiger partial charge in [0, 0.05) is 17.7 Å². The molecule has 5 nitrogen and oxygen atoms in total. The van der Waals surface area contributed by atoms with E-state index in [9.17, 15) is 19.3 Å². The Labute approximate surface area is 122 Å². The fourth-order valence-electron chi connectivity index (χ4n) is 2.88. The molecule has 1 atom stereocenters. The molecule has 1 aromatic rings. The van der Waals surface area contributed by atoms with Gasteiger partial charge in [-0.05, 0) is 36.8 Å². The zero-order valence-electron chi connectivity index (χ0n) is 12.2. The molecule has 1 unspecified atom stereocenters. The first kappa shape index (κ1) is 15.4. The number of halogens is 1. The summed E-state index contributed by atoms with van der Waals surface area (Å²) in [5, 5.41) is 13.6. The van der Waals surface area contributed by atoms with Crippen LogP contribution in [0.5, 0.6) is 0 Å². The zero-order valence-corrected chi connectivity index (χ0v) is 12.2. The number of carbonyl (C=O) groups is 1. The first-order chi connectivity index (χ1) is 9.78. The van der Waals surface area contributed by atoms with Gasteiger partial charge in [0.1, 0.15) is 0 Å². The van der Waals surface area contributed by atoms with Gasteiger partial charge in [-0.1, -0.05) is 20.3 Å². The van der Waals surface area contributed by atoms with Crippen molar-refractivity contribution in [3.8, 4) is 0 Å². The normalized spacial score (nSPS) is 20.8. The van der Waals surface area contributed by atoms with Crippen molar-refractivity contribution in [2.24, 2.45) is 5.41 Å². The molecule has 1 amide bonds. The van der Waals surface area contributed by atoms with Crippen LogP contribution in [-0.2, 0) is 0 Å². The highest BCUT2D eigenvalue weighted by atomic mass is 19.1. The maximum absolute atomic E-state index is 13.3. The Morgan fingerprint density at radius 2 is 2.19 bits per heavy atom. The molecule has 0 spiro atoms. The van der Waals surface area contributed by atoms with Crippen molar-refractivity contribution in [2.45, 2.75) is 45.6 Å². The van der Waals surface area contributed by atoms with Crippen LogP contribution in [0.3, 0.4) is 0 Å². The van der Waals surface area contributed by atoms with Crippen molar-refractivity contribution >= 4 is 11.6 Å². The van der Waals surface area contributed by atoms with Gasteiger partial charge in [0.25, 0.3) is 5.91 Å². The number of hydrogen-bond acceptors (Lipinski definition) is 3. The average Bonchev–Trinajstić information content (AvgIpc) is 2.37. The number of amides is 1. The van der Waals surface area contributed by atoms with Crippen LogP contribution in [0, 0.1) is 21.3 Å². The number of rotatable bonds is 3. The summed E-state index contributed by atoms with van der Waals surface area (Å²) in [4.78, 5) is 22.0. The Kier molecular flexibility index (Phi) is 4.25. The molecular formula is C15H19FN2O3. The Morgan fingerprint density at radius 1 is 1.48 bits per heavy atom. The molecule has 0 bridgehead atoms. The van der Waals surface area contributed by atoms with Crippen molar-refractivity contribution < 1.29 is 14.1 Å². The van der Waals surface area contributed by atoms with Crippen LogP contribution in [0.2, 0.25) is 0 Å². The molecule has 1 aromatic carbocycles. The minimum Gasteiger partial charge on any atom is -0.349 e. The second-order valence-electron chi connectivity index (χ2n) is 6.35. The van der Waals surface area contributed by atoms with Crippen LogP contribution >= 0.6 is 0 Å². The maximum atomic E-state index is 13.3. The van der Waals surface area contributed by atoms with E-state index in [1.807, 2.05) is 0 Å². The molecule has 1 saturated carbocycles. The van der Waals surface area contributed by atoms with E-state index in [2.05, 4.69) is 19.2 Å². The van der Waals surface area contributed by atoms with Crippen molar-refractivity contribution in [3.05, 3.63) is 39.7 Å². The maximum Gasteiger partial charge on any atom is 0.305 e. The molecule has 1 N–H and O–H groups in total. The smallest absolute Gasteiger partial charge is 0.305 e. The summed E-state index contributed by atoms with van der Waals surface area (Å²) in [6.07, 6.45) is 3.95. The van der Waals surface area contributed by atoms with E-state index < -0.39 is 16.4 Å². The summed E-state index contributed by atoms with van der Waals surface area (Å²) in [5.41, 5.74) is -0.372. The van der Waals surface area contributed by atoms with Gasteiger partial charge in [-0.15, -0.1) is 0 Å². The molecular weight excluding hydrogens is 275 g/mol. The van der Waals surface area contributed by atoms with Gasteiger partial charge < -0.3 is 5.32 Å². The summed E-state index contributed by atoms with van der Waals surface area (Å²) in [7, 11) is 0. The van der Waals surface area contributed by atoms with Gasteiger partial charge in [-0.3, -0.25) is 14.9 Å². The Morgan fingerprint density at radius 3 is 2.81 bits per heavy atom. The average molecular weight is 294 g/mol. The number of hydrogen-bond donors (Lipinski definition) is 1. The molecule has 0 radical (unpaired) electrons. The van der Waals surface area contributed by atoms with Crippen molar-refractivity contribution in [1.29, 1.82) is 0 Å². The van der Waals surface area contributed by atoms with Crippen LogP contribution in [0.4, 0.5) is 10.1 Å². The van der Waals surface area contributed by atoms with Crippen molar-refractivity contribution in [3.63, 3.8) is 0 Å². The third kappa shape index (κ3) is 3.77. The molecule has 0 heterocycles. The van der Waals surface area contributed by atoms with Gasteiger partial charge in [0.05, 0.1) is 4.92 Å². The van der Waals surface area contributed by atoms with E-state index in [1.54, 1.807) is 0 Å². The quantitative estimate of drug-likeness (QED) is 0.685. The molecule has 6 heteroatoms. The molecule has 0 aliphatic heterocycles. The van der Waals surface area contributed by atoms with Gasteiger partial charge in [0.15, 0.2) is 0 Å². The predicted octanol–water partition coefficient (Wildman–Crippen LogP) is 3.43. The highest BCUT2D eigenvalue weighted by molar-refractivity contribution is 5.95. The van der Waals surface area contributed by atoms with Gasteiger partial charge in [-0.25, -0.2) is 0 Å². The van der Waals surface area contributed by atoms with Crippen molar-refractivity contribution in [1.82, 2.24) is 5.32 Å². The third-order valence-electron chi connectivity index (χ3n) is 3.95. The van der Waals surface area contributed by atoms with Crippen molar-refractivity contribution in [2.75, 3.05) is 0 Å². The molecule has 1 aliphatic rings. The molecule has 21 heavy (non-hydrogen) atoms. The predicted molar refractivity (Wildman–Crippen MR) is 76.6 cm³/mol. The summed E-state index contributed by atoms with van der Waals surface area (Å²) in [5.74, 6) is -1.32. The van der Waals surface area contributed by atoms with E-state index in [0.29, 0.717) is 0 Å². The lowest BCUT2D eigenvalue weighted by Gasteiger charge is -2.35. The fourth-order valence-corrected chi connectivity index (χ4v) is 2.88. The highest BCUT2D eigenvalue weighted by Crippen LogP contribution is 2.35. The Hall–Kier alpha value is -1.98. The minimum absolute atomic E-state index is 0.0605. The van der Waals surface area contributed by atoms with Crippen LogP contribution < -0.4 is 5.32 Å². The molecule has 0 aromatic heterocycles. The number of nitro groups is 1. The molecule has 2 rings (SSSR count). The minimum atomic E-state index is -0.935. The van der Waals surface area contributed by atoms with Crippen LogP contribution in [0.15, 0.2) is 18.2 Å². The van der Waals surface area contributed by atoms with E-state index in [4.69, 9.17) is 0 Å². The van der Waals surface area contributed by atoms with Crippen LogP contribution in [0.25, 0.3) is 0 Å². The van der Waals surface area contributed by atoms with E-state index in [1.165, 1.54) is 6.07 Å². The number of nitro benzene ring substituents is 1. The molecule has 114 valence electrons. The van der Waals surface area contributed by atoms with E-state index >= 15 is 0 Å². The fraction of sp³-hybridized carbons (Fsp3) is 0.533. The monoisotopic (exact) mass is 294 g/mol. The topological polar surface area (TPSA) is 72.2 Å². The van der Waals surface area contributed by atoms with Gasteiger partial charge in [0.2, 0.25) is 5.82 Å². The number of nitrogens with one attached hydrogen (secondary N) is 1. The number of carbonyl (C=O) groups excluding carboxylic acids is 1. The zero-order chi connectivity index (χ0) is 15.6. The second-order valence-corrected chi connectivity index (χ2v) is 6.35. The van der Waals surface area contributed by atoms with E-state index in [0.717, 1.165) is 37.8 Å². The Bertz CT molecular complexity index is 572. The standard InChI is InChI=1S/C15H19FN2O3/c1-15(2)7-3-4-11(9-15)17-14(19)10-5-6-12(16)13(8-10)18(20)21/h5-6,8,11H,3-4,7,9H2,1-2H3,(H,17,19). The number of benzene rings is 1. The summed E-state index contributed by atoms with van der Waals surface area (Å²) in [6, 6.07) is 3.27. The molecule has 0 saturated heterocycles. The first-order valence-corrected chi connectivity index (χ1v) is 7.03. The third-order valence-corrected chi connectivity index (χ3v) is 3.95. The lowest BCUT2D eigenvalue weighted by atomic mass is 9.75. The lowest BCUT2D eigenvalue weighted by Crippen LogP contribution is -2.40. The second kappa shape index (κ2) is 5.79. The largest absolute Gasteiger partial charge is 0.349 e. The number of nitrogens with zero attached hydrogens (tertiary/aromatic N) is 1. The van der Waals surface area contributed by atoms with Gasteiger partial charge in [-0.2, -0.15) is 4.39 Å². The van der Waals surface area contributed by atoms with Crippen LogP contribution in [-0.4, -0.2) is 16.9 Å². The van der Waals surface area contributed by atoms with E-state index in [-0.39, 0.29) is 22.9 Å². The summed E-state index contributed by atoms with van der Waals surface area (Å²) >= 11 is 0. The lowest BCUT2D eigenvalue weighted by molar-refractivity contribution is -0.387. The van der Waals surface area contributed by atoms with Gasteiger partial charge >= 0.3 is 5.69 Å². The summed E-state index contributed by atoms with van der Waals surface area (Å²) < 4.78 is 13.3. The molecule has 1 fully saturated rings. The molecule has 1 aliphatic carbocycles. The van der Waals surface area contributed by atoms with Crippen LogP contribution in [0.1, 0.15) is 49.9 Å². The highest BCUT2D eigenvalue weighted by Gasteiger charge is 2.29.